The molecule has 17 heavy (non-hydrogen) atoms. The molecule has 0 saturated heterocycles. The third-order valence-corrected chi connectivity index (χ3v) is 4.21. The minimum absolute atomic E-state index is 0.0585. The predicted molar refractivity (Wildman–Crippen MR) is 74.2 cm³/mol. The summed E-state index contributed by atoms with van der Waals surface area (Å²) < 4.78 is 0. The summed E-state index contributed by atoms with van der Waals surface area (Å²) in [6, 6.07) is 6.84. The lowest BCUT2D eigenvalue weighted by Gasteiger charge is -2.16. The van der Waals surface area contributed by atoms with Gasteiger partial charge in [0.25, 0.3) is 0 Å². The first-order valence-electron chi connectivity index (χ1n) is 6.20. The van der Waals surface area contributed by atoms with Crippen molar-refractivity contribution < 1.29 is 0 Å². The minimum Gasteiger partial charge on any atom is -0.329 e. The van der Waals surface area contributed by atoms with E-state index in [1.807, 2.05) is 11.8 Å². The van der Waals surface area contributed by atoms with Gasteiger partial charge in [0.05, 0.1) is 0 Å². The van der Waals surface area contributed by atoms with E-state index in [1.165, 1.54) is 34.6 Å². The number of nitrogens with two attached hydrogens (primary N) is 2. The molecule has 94 valence electrons. The molecule has 1 heterocycles. The van der Waals surface area contributed by atoms with Crippen LogP contribution in [0.4, 0.5) is 0 Å². The Labute approximate surface area is 107 Å². The first-order valence-corrected chi connectivity index (χ1v) is 7.19. The first-order chi connectivity index (χ1) is 8.29. The molecular weight excluding hydrogens is 230 g/mol. The molecule has 4 heteroatoms. The molecule has 1 aliphatic rings. The van der Waals surface area contributed by atoms with Crippen molar-refractivity contribution in [2.75, 3.05) is 18.8 Å². The average Bonchev–Trinajstić information content (AvgIpc) is 2.38. The quantitative estimate of drug-likeness (QED) is 0.733. The summed E-state index contributed by atoms with van der Waals surface area (Å²) in [5, 5.41) is 3.35. The third kappa shape index (κ3) is 3.71. The molecule has 2 rings (SSSR count). The summed E-state index contributed by atoms with van der Waals surface area (Å²) in [6.07, 6.45) is 2.52. The van der Waals surface area contributed by atoms with Gasteiger partial charge in [-0.15, -0.1) is 11.8 Å². The Bertz CT molecular complexity index is 368. The summed E-state index contributed by atoms with van der Waals surface area (Å²) in [6.45, 7) is 2.20. The molecule has 0 spiro atoms. The molecule has 0 fully saturated rings. The Morgan fingerprint density at radius 2 is 2.29 bits per heavy atom. The van der Waals surface area contributed by atoms with Crippen molar-refractivity contribution in [2.45, 2.75) is 30.3 Å². The fourth-order valence-corrected chi connectivity index (χ4v) is 3.03. The van der Waals surface area contributed by atoms with Crippen molar-refractivity contribution in [2.24, 2.45) is 11.5 Å². The Morgan fingerprint density at radius 3 is 3.12 bits per heavy atom. The Kier molecular flexibility index (Phi) is 4.86. The van der Waals surface area contributed by atoms with Crippen LogP contribution in [0.1, 0.15) is 17.5 Å². The predicted octanol–water partition coefficient (Wildman–Crippen LogP) is 1.10. The molecule has 3 nitrogen and oxygen atoms in total. The number of aryl methyl sites for hydroxylation is 1. The number of rotatable bonds is 5. The van der Waals surface area contributed by atoms with Crippen LogP contribution >= 0.6 is 11.8 Å². The molecule has 0 bridgehead atoms. The molecule has 1 aromatic carbocycles. The van der Waals surface area contributed by atoms with Gasteiger partial charge in [0.15, 0.2) is 0 Å². The zero-order chi connectivity index (χ0) is 12.1. The van der Waals surface area contributed by atoms with E-state index in [0.29, 0.717) is 6.54 Å². The van der Waals surface area contributed by atoms with E-state index in [-0.39, 0.29) is 6.04 Å². The lowest BCUT2D eigenvalue weighted by molar-refractivity contribution is 0.581. The average molecular weight is 251 g/mol. The number of hydrogen-bond donors (Lipinski definition) is 3. The van der Waals surface area contributed by atoms with Gasteiger partial charge in [0.2, 0.25) is 0 Å². The largest absolute Gasteiger partial charge is 0.329 e. The molecule has 0 saturated carbocycles. The zero-order valence-corrected chi connectivity index (χ0v) is 10.9. The molecule has 1 aromatic rings. The number of thioether (sulfide) groups is 1. The van der Waals surface area contributed by atoms with Crippen molar-refractivity contribution >= 4 is 11.8 Å². The molecule has 1 unspecified atom stereocenters. The summed E-state index contributed by atoms with van der Waals surface area (Å²) in [4.78, 5) is 1.46. The topological polar surface area (TPSA) is 64.1 Å². The number of nitrogens with one attached hydrogen (secondary N) is 1. The Hall–Kier alpha value is -0.550. The van der Waals surface area contributed by atoms with Crippen LogP contribution in [0.25, 0.3) is 0 Å². The highest BCUT2D eigenvalue weighted by Crippen LogP contribution is 2.30. The molecule has 0 aliphatic carbocycles. The van der Waals surface area contributed by atoms with Crippen molar-refractivity contribution in [3.8, 4) is 0 Å². The summed E-state index contributed by atoms with van der Waals surface area (Å²) in [7, 11) is 0. The normalized spacial score (nSPS) is 16.6. The fraction of sp³-hybridized carbons (Fsp3) is 0.538. The lowest BCUT2D eigenvalue weighted by atomic mass is 10.1. The molecular formula is C13H21N3S. The highest BCUT2D eigenvalue weighted by molar-refractivity contribution is 7.99. The Morgan fingerprint density at radius 1 is 1.41 bits per heavy atom. The van der Waals surface area contributed by atoms with Gasteiger partial charge in [-0.05, 0) is 35.8 Å². The maximum atomic E-state index is 5.76. The molecule has 0 radical (unpaired) electrons. The van der Waals surface area contributed by atoms with E-state index in [0.717, 1.165) is 13.1 Å². The van der Waals surface area contributed by atoms with E-state index in [9.17, 15) is 0 Å². The molecule has 0 amide bonds. The van der Waals surface area contributed by atoms with Crippen molar-refractivity contribution in [1.29, 1.82) is 0 Å². The van der Waals surface area contributed by atoms with Gasteiger partial charge < -0.3 is 16.8 Å². The van der Waals surface area contributed by atoms with Crippen molar-refractivity contribution in [3.05, 3.63) is 29.3 Å². The van der Waals surface area contributed by atoms with Gasteiger partial charge in [-0.25, -0.2) is 0 Å². The molecule has 0 aromatic heterocycles. The fourth-order valence-electron chi connectivity index (χ4n) is 2.01. The minimum atomic E-state index is 0.0585. The SMILES string of the molecule is NCC(N)CNCc1ccc2c(c1)CCCS2. The van der Waals surface area contributed by atoms with E-state index >= 15 is 0 Å². The van der Waals surface area contributed by atoms with E-state index in [2.05, 4.69) is 23.5 Å². The molecule has 1 aliphatic heterocycles. The molecule has 5 N–H and O–H groups in total. The van der Waals surface area contributed by atoms with Gasteiger partial charge in [0, 0.05) is 30.6 Å². The van der Waals surface area contributed by atoms with Gasteiger partial charge >= 0.3 is 0 Å². The van der Waals surface area contributed by atoms with Gasteiger partial charge in [-0.2, -0.15) is 0 Å². The number of benzene rings is 1. The van der Waals surface area contributed by atoms with Crippen LogP contribution in [0.3, 0.4) is 0 Å². The second-order valence-corrected chi connectivity index (χ2v) is 5.66. The van der Waals surface area contributed by atoms with Crippen LogP contribution in [0.2, 0.25) is 0 Å². The van der Waals surface area contributed by atoms with Crippen LogP contribution in [0, 0.1) is 0 Å². The van der Waals surface area contributed by atoms with Gasteiger partial charge in [0.1, 0.15) is 0 Å². The van der Waals surface area contributed by atoms with E-state index < -0.39 is 0 Å². The second-order valence-electron chi connectivity index (χ2n) is 4.52. The van der Waals surface area contributed by atoms with E-state index in [1.54, 1.807) is 0 Å². The molecule has 1 atom stereocenters. The van der Waals surface area contributed by atoms with Crippen LogP contribution in [0.15, 0.2) is 23.1 Å². The third-order valence-electron chi connectivity index (χ3n) is 3.01. The standard InChI is InChI=1S/C13H21N3S/c14-7-12(15)9-16-8-10-3-4-13-11(6-10)2-1-5-17-13/h3-4,6,12,16H,1-2,5,7-9,14-15H2. The summed E-state index contributed by atoms with van der Waals surface area (Å²) in [5.41, 5.74) is 14.1. The van der Waals surface area contributed by atoms with E-state index in [4.69, 9.17) is 11.5 Å². The maximum Gasteiger partial charge on any atom is 0.0290 e. The zero-order valence-electron chi connectivity index (χ0n) is 10.1. The smallest absolute Gasteiger partial charge is 0.0290 e. The van der Waals surface area contributed by atoms with Crippen LogP contribution in [-0.4, -0.2) is 24.9 Å². The summed E-state index contributed by atoms with van der Waals surface area (Å²) >= 11 is 1.97. The first kappa shape index (κ1) is 12.9. The second kappa shape index (κ2) is 6.40. The maximum absolute atomic E-state index is 5.76. The van der Waals surface area contributed by atoms with Crippen LogP contribution in [-0.2, 0) is 13.0 Å². The lowest BCUT2D eigenvalue weighted by Crippen LogP contribution is -2.39. The highest BCUT2D eigenvalue weighted by atomic mass is 32.2. The van der Waals surface area contributed by atoms with Gasteiger partial charge in [-0.1, -0.05) is 12.1 Å². The monoisotopic (exact) mass is 251 g/mol. The number of fused-ring (bicyclic) bond motifs is 1. The van der Waals surface area contributed by atoms with Crippen LogP contribution < -0.4 is 16.8 Å². The highest BCUT2D eigenvalue weighted by Gasteiger charge is 2.09. The van der Waals surface area contributed by atoms with Crippen molar-refractivity contribution in [3.63, 3.8) is 0 Å². The van der Waals surface area contributed by atoms with Crippen LogP contribution in [0.5, 0.6) is 0 Å². The summed E-state index contributed by atoms with van der Waals surface area (Å²) in [5.74, 6) is 1.26. The van der Waals surface area contributed by atoms with Gasteiger partial charge in [-0.3, -0.25) is 0 Å². The number of hydrogen-bond acceptors (Lipinski definition) is 4. The van der Waals surface area contributed by atoms with Crippen molar-refractivity contribution in [1.82, 2.24) is 5.32 Å². The Balaban J connectivity index is 1.89.